The van der Waals surface area contributed by atoms with Gasteiger partial charge in [0.25, 0.3) is 0 Å². The van der Waals surface area contributed by atoms with E-state index in [0.717, 1.165) is 50.8 Å². The molecule has 12 heteroatoms. The number of carbonyl (C=O) groups excluding carboxylic acids is 1. The number of amides is 1. The van der Waals surface area contributed by atoms with Crippen molar-refractivity contribution < 1.29 is 27.8 Å². The summed E-state index contributed by atoms with van der Waals surface area (Å²) < 4.78 is 51.6. The van der Waals surface area contributed by atoms with Crippen molar-refractivity contribution in [2.24, 2.45) is 11.8 Å². The number of rotatable bonds is 11. The standard InChI is InChI=1S/C40H55F3N6O3/c1-38(51)13-17-48(18-14-38)27-40(31-7-5-8-32(41)21-31,33-9-6-10-35(33)45-37(50)52-4)30-11-15-47(16-12-30)24-39(43)25-49(26-39)36-20-29(23-46(2)3)28(22-44)19-34(36)42/h5,7-8,19-21,30,33,35,51H,6,9-18,23-27H2,1-4H3,(H,45,50)/t33-,35-,40-/m0/s1. The molecule has 0 radical (unpaired) electrons. The molecule has 9 nitrogen and oxygen atoms in total. The molecule has 2 aromatic rings. The molecule has 52 heavy (non-hydrogen) atoms. The fourth-order valence-corrected chi connectivity index (χ4v) is 9.73. The summed E-state index contributed by atoms with van der Waals surface area (Å²) in [5, 5.41) is 23.4. The highest BCUT2D eigenvalue weighted by Gasteiger charge is 2.54. The molecule has 2 N–H and O–H groups in total. The highest BCUT2D eigenvalue weighted by molar-refractivity contribution is 5.67. The molecule has 4 fully saturated rings. The number of hydrogen-bond donors (Lipinski definition) is 2. The average molecular weight is 725 g/mol. The second-order valence-electron chi connectivity index (χ2n) is 16.5. The van der Waals surface area contributed by atoms with E-state index in [1.54, 1.807) is 23.1 Å². The van der Waals surface area contributed by atoms with Crippen LogP contribution in [0.15, 0.2) is 36.4 Å². The summed E-state index contributed by atoms with van der Waals surface area (Å²) in [4.78, 5) is 20.8. The molecule has 6 rings (SSSR count). The third-order valence-electron chi connectivity index (χ3n) is 12.3. The van der Waals surface area contributed by atoms with Gasteiger partial charge in [-0.05, 0) is 120 Å². The van der Waals surface area contributed by atoms with Crippen molar-refractivity contribution in [3.05, 3.63) is 64.7 Å². The minimum Gasteiger partial charge on any atom is -0.453 e. The lowest BCUT2D eigenvalue weighted by Crippen LogP contribution is -2.65. The maximum absolute atomic E-state index is 16.3. The Labute approximate surface area is 306 Å². The van der Waals surface area contributed by atoms with Crippen LogP contribution in [0.25, 0.3) is 0 Å². The van der Waals surface area contributed by atoms with Gasteiger partial charge in [0, 0.05) is 44.2 Å². The number of piperidine rings is 2. The molecule has 3 saturated heterocycles. The summed E-state index contributed by atoms with van der Waals surface area (Å²) in [7, 11) is 5.14. The maximum Gasteiger partial charge on any atom is 0.407 e. The Hall–Kier alpha value is -3.37. The van der Waals surface area contributed by atoms with Gasteiger partial charge in [-0.25, -0.2) is 18.0 Å². The fourth-order valence-electron chi connectivity index (χ4n) is 9.73. The molecule has 1 aliphatic carbocycles. The van der Waals surface area contributed by atoms with Gasteiger partial charge < -0.3 is 29.9 Å². The van der Waals surface area contributed by atoms with Gasteiger partial charge in [0.15, 0.2) is 5.67 Å². The quantitative estimate of drug-likeness (QED) is 0.316. The SMILES string of the molecule is COC(=O)N[C@H]1CCC[C@@H]1[C@](CN1CCC(C)(O)CC1)(c1cccc(F)c1)C1CCN(CC2(F)CN(c3cc(CN(C)C)c(C#N)cc3F)C2)CC1. The Morgan fingerprint density at radius 1 is 1.08 bits per heavy atom. The monoisotopic (exact) mass is 724 g/mol. The molecular weight excluding hydrogens is 669 g/mol. The lowest BCUT2D eigenvalue weighted by Gasteiger charge is -2.54. The smallest absolute Gasteiger partial charge is 0.407 e. The van der Waals surface area contributed by atoms with E-state index in [1.165, 1.54) is 19.2 Å². The number of nitriles is 1. The van der Waals surface area contributed by atoms with E-state index in [4.69, 9.17) is 4.74 Å². The van der Waals surface area contributed by atoms with E-state index in [9.17, 15) is 15.2 Å². The zero-order valence-electron chi connectivity index (χ0n) is 31.1. The summed E-state index contributed by atoms with van der Waals surface area (Å²) in [6.07, 6.45) is 5.01. The molecule has 0 unspecified atom stereocenters. The predicted octanol–water partition coefficient (Wildman–Crippen LogP) is 5.45. The van der Waals surface area contributed by atoms with Crippen molar-refractivity contribution in [1.82, 2.24) is 20.0 Å². The minimum absolute atomic E-state index is 0.0276. The van der Waals surface area contributed by atoms with Crippen LogP contribution < -0.4 is 10.2 Å². The Morgan fingerprint density at radius 2 is 1.79 bits per heavy atom. The Kier molecular flexibility index (Phi) is 11.5. The topological polar surface area (TPSA) is 95.3 Å². The number of nitrogens with zero attached hydrogens (tertiary/aromatic N) is 5. The van der Waals surface area contributed by atoms with Crippen molar-refractivity contribution in [1.29, 1.82) is 5.26 Å². The summed E-state index contributed by atoms with van der Waals surface area (Å²) in [5.74, 6) is -0.646. The number of methoxy groups -OCH3 is 1. The number of anilines is 1. The lowest BCUT2D eigenvalue weighted by atomic mass is 9.58. The van der Waals surface area contributed by atoms with Gasteiger partial charge in [-0.3, -0.25) is 4.90 Å². The number of alkyl halides is 1. The zero-order valence-corrected chi connectivity index (χ0v) is 31.1. The maximum atomic E-state index is 16.3. The number of aliphatic hydroxyl groups is 1. The largest absolute Gasteiger partial charge is 0.453 e. The fraction of sp³-hybridized carbons (Fsp3) is 0.650. The molecule has 4 aliphatic rings. The van der Waals surface area contributed by atoms with Gasteiger partial charge in [-0.15, -0.1) is 0 Å². The summed E-state index contributed by atoms with van der Waals surface area (Å²) in [6, 6.07) is 11.8. The first-order chi connectivity index (χ1) is 24.7. The van der Waals surface area contributed by atoms with Crippen LogP contribution in [0.2, 0.25) is 0 Å². The Balaban J connectivity index is 1.21. The molecule has 3 atom stereocenters. The molecule has 0 aromatic heterocycles. The molecule has 0 bridgehead atoms. The molecule has 3 heterocycles. The third kappa shape index (κ3) is 8.23. The normalized spacial score (nSPS) is 25.0. The van der Waals surface area contributed by atoms with E-state index < -0.39 is 28.6 Å². The van der Waals surface area contributed by atoms with E-state index >= 15 is 13.2 Å². The highest BCUT2D eigenvalue weighted by Crippen LogP contribution is 2.52. The second kappa shape index (κ2) is 15.5. The lowest BCUT2D eigenvalue weighted by molar-refractivity contribution is -0.0281. The number of ether oxygens (including phenoxy) is 1. The first-order valence-corrected chi connectivity index (χ1v) is 18.8. The molecule has 3 aliphatic heterocycles. The van der Waals surface area contributed by atoms with Crippen LogP contribution in [0.1, 0.15) is 68.6 Å². The first kappa shape index (κ1) is 38.4. The number of alkyl carbamates (subject to hydrolysis) is 1. The number of nitrogens with one attached hydrogen (secondary N) is 1. The van der Waals surface area contributed by atoms with Crippen LogP contribution in [0, 0.1) is 34.8 Å². The number of hydrogen-bond acceptors (Lipinski definition) is 8. The van der Waals surface area contributed by atoms with Gasteiger partial charge >= 0.3 is 6.09 Å². The van der Waals surface area contributed by atoms with Crippen molar-refractivity contribution in [2.75, 3.05) is 78.5 Å². The summed E-state index contributed by atoms with van der Waals surface area (Å²) >= 11 is 0. The van der Waals surface area contributed by atoms with E-state index in [0.29, 0.717) is 50.3 Å². The van der Waals surface area contributed by atoms with Gasteiger partial charge in [-0.2, -0.15) is 5.26 Å². The van der Waals surface area contributed by atoms with Crippen LogP contribution in [0.3, 0.4) is 0 Å². The Morgan fingerprint density at radius 3 is 2.42 bits per heavy atom. The van der Waals surface area contributed by atoms with Crippen molar-refractivity contribution in [2.45, 2.75) is 81.1 Å². The molecule has 0 spiro atoms. The zero-order chi connectivity index (χ0) is 37.3. The Bertz CT molecular complexity index is 1610. The minimum atomic E-state index is -1.50. The number of halogens is 3. The number of carbonyl (C=O) groups is 1. The van der Waals surface area contributed by atoms with Crippen molar-refractivity contribution >= 4 is 11.8 Å². The molecule has 1 saturated carbocycles. The van der Waals surface area contributed by atoms with Crippen molar-refractivity contribution in [3.8, 4) is 6.07 Å². The number of likely N-dealkylation sites (tertiary alicyclic amines) is 2. The molecule has 1 amide bonds. The van der Waals surface area contributed by atoms with Crippen LogP contribution in [0.5, 0.6) is 0 Å². The summed E-state index contributed by atoms with van der Waals surface area (Å²) in [6.45, 7) is 6.22. The van der Waals surface area contributed by atoms with E-state index in [1.807, 2.05) is 32.0 Å². The van der Waals surface area contributed by atoms with Gasteiger partial charge in [0.1, 0.15) is 11.6 Å². The number of benzene rings is 2. The van der Waals surface area contributed by atoms with Gasteiger partial charge in [0.2, 0.25) is 0 Å². The van der Waals surface area contributed by atoms with Crippen LogP contribution in [0.4, 0.5) is 23.7 Å². The predicted molar refractivity (Wildman–Crippen MR) is 195 cm³/mol. The molecule has 2 aromatic carbocycles. The second-order valence-corrected chi connectivity index (χ2v) is 16.5. The summed E-state index contributed by atoms with van der Waals surface area (Å²) in [5.41, 5.74) is -0.458. The van der Waals surface area contributed by atoms with Crippen LogP contribution >= 0.6 is 0 Å². The first-order valence-electron chi connectivity index (χ1n) is 18.8. The van der Waals surface area contributed by atoms with Gasteiger partial charge in [-0.1, -0.05) is 18.6 Å². The average Bonchev–Trinajstić information content (AvgIpc) is 3.55. The van der Waals surface area contributed by atoms with Crippen molar-refractivity contribution in [3.63, 3.8) is 0 Å². The van der Waals surface area contributed by atoms with Gasteiger partial charge in [0.05, 0.1) is 43.1 Å². The highest BCUT2D eigenvalue weighted by atomic mass is 19.1. The van der Waals surface area contributed by atoms with E-state index in [-0.39, 0.29) is 48.9 Å². The van der Waals surface area contributed by atoms with Crippen LogP contribution in [-0.4, -0.2) is 117 Å². The van der Waals surface area contributed by atoms with E-state index in [2.05, 4.69) is 21.2 Å². The molecular formula is C40H55F3N6O3. The molecule has 284 valence electrons. The van der Waals surface area contributed by atoms with Crippen LogP contribution in [-0.2, 0) is 16.7 Å². The third-order valence-corrected chi connectivity index (χ3v) is 12.3.